The Balaban J connectivity index is 2.23. The van der Waals surface area contributed by atoms with Crippen molar-refractivity contribution in [3.63, 3.8) is 0 Å². The van der Waals surface area contributed by atoms with Crippen LogP contribution in [0.4, 0.5) is 4.39 Å². The molecule has 2 unspecified atom stereocenters. The van der Waals surface area contributed by atoms with Crippen LogP contribution in [0.2, 0.25) is 0 Å². The molecule has 2 nitrogen and oxygen atoms in total. The summed E-state index contributed by atoms with van der Waals surface area (Å²) in [7, 11) is 0. The fraction of sp³-hybridized carbons (Fsp3) is 1.00. The standard InChI is InChI=1S/C6H11FO2/c7-5-1-2-9-6(3-5)4-8/h5-6,8H,1-4H2. The molecule has 1 heterocycles. The third-order valence-corrected chi connectivity index (χ3v) is 1.51. The van der Waals surface area contributed by atoms with Crippen LogP contribution >= 0.6 is 0 Å². The van der Waals surface area contributed by atoms with Crippen molar-refractivity contribution in [3.8, 4) is 0 Å². The molecule has 0 aromatic carbocycles. The number of hydrogen-bond acceptors (Lipinski definition) is 2. The third-order valence-electron chi connectivity index (χ3n) is 1.51. The van der Waals surface area contributed by atoms with Crippen LogP contribution in [0.1, 0.15) is 12.8 Å². The second kappa shape index (κ2) is 3.13. The summed E-state index contributed by atoms with van der Waals surface area (Å²) in [5.74, 6) is 0. The second-order valence-electron chi connectivity index (χ2n) is 2.30. The molecule has 1 fully saturated rings. The summed E-state index contributed by atoms with van der Waals surface area (Å²) in [6.07, 6.45) is -0.183. The van der Waals surface area contributed by atoms with E-state index in [2.05, 4.69) is 0 Å². The Labute approximate surface area is 53.6 Å². The van der Waals surface area contributed by atoms with E-state index in [1.807, 2.05) is 0 Å². The van der Waals surface area contributed by atoms with Gasteiger partial charge in [-0.15, -0.1) is 0 Å². The van der Waals surface area contributed by atoms with Crippen molar-refractivity contribution in [2.24, 2.45) is 0 Å². The predicted octanol–water partition coefficient (Wildman–Crippen LogP) is 0.496. The average molecular weight is 134 g/mol. The number of halogens is 1. The molecule has 1 aliphatic rings. The molecule has 0 saturated carbocycles. The lowest BCUT2D eigenvalue weighted by atomic mass is 10.1. The van der Waals surface area contributed by atoms with Crippen molar-refractivity contribution in [2.45, 2.75) is 25.1 Å². The first-order chi connectivity index (χ1) is 4.33. The number of rotatable bonds is 1. The van der Waals surface area contributed by atoms with E-state index in [1.54, 1.807) is 0 Å². The summed E-state index contributed by atoms with van der Waals surface area (Å²) >= 11 is 0. The van der Waals surface area contributed by atoms with Gasteiger partial charge < -0.3 is 9.84 Å². The van der Waals surface area contributed by atoms with E-state index >= 15 is 0 Å². The highest BCUT2D eigenvalue weighted by molar-refractivity contribution is 4.69. The smallest absolute Gasteiger partial charge is 0.105 e. The van der Waals surface area contributed by atoms with Crippen molar-refractivity contribution in [1.29, 1.82) is 0 Å². The molecule has 0 aromatic heterocycles. The monoisotopic (exact) mass is 134 g/mol. The van der Waals surface area contributed by atoms with Crippen LogP contribution in [0, 0.1) is 0 Å². The maximum atomic E-state index is 12.4. The summed E-state index contributed by atoms with van der Waals surface area (Å²) < 4.78 is 17.4. The zero-order valence-corrected chi connectivity index (χ0v) is 5.22. The minimum Gasteiger partial charge on any atom is -0.394 e. The average Bonchev–Trinajstić information content (AvgIpc) is 1.88. The van der Waals surface area contributed by atoms with Crippen LogP contribution in [-0.4, -0.2) is 30.6 Å². The van der Waals surface area contributed by atoms with Crippen LogP contribution in [0.3, 0.4) is 0 Å². The second-order valence-corrected chi connectivity index (χ2v) is 2.30. The van der Waals surface area contributed by atoms with Gasteiger partial charge in [-0.25, -0.2) is 4.39 Å². The lowest BCUT2D eigenvalue weighted by molar-refractivity contribution is -0.0441. The van der Waals surface area contributed by atoms with Gasteiger partial charge in [0.1, 0.15) is 6.17 Å². The van der Waals surface area contributed by atoms with Gasteiger partial charge in [0.15, 0.2) is 0 Å². The molecule has 1 saturated heterocycles. The first-order valence-electron chi connectivity index (χ1n) is 3.19. The van der Waals surface area contributed by atoms with Gasteiger partial charge in [-0.1, -0.05) is 0 Å². The zero-order chi connectivity index (χ0) is 6.69. The molecule has 0 bridgehead atoms. The molecule has 54 valence electrons. The zero-order valence-electron chi connectivity index (χ0n) is 5.22. The highest BCUT2D eigenvalue weighted by Gasteiger charge is 2.20. The van der Waals surface area contributed by atoms with Gasteiger partial charge in [-0.2, -0.15) is 0 Å². The summed E-state index contributed by atoms with van der Waals surface area (Å²) in [6, 6.07) is 0. The first-order valence-corrected chi connectivity index (χ1v) is 3.19. The van der Waals surface area contributed by atoms with Crippen LogP contribution in [0.5, 0.6) is 0 Å². The van der Waals surface area contributed by atoms with Crippen molar-refractivity contribution >= 4 is 0 Å². The van der Waals surface area contributed by atoms with Gasteiger partial charge >= 0.3 is 0 Å². The van der Waals surface area contributed by atoms with Crippen LogP contribution in [0.25, 0.3) is 0 Å². The van der Waals surface area contributed by atoms with E-state index in [-0.39, 0.29) is 12.7 Å². The quantitative estimate of drug-likeness (QED) is 0.565. The highest BCUT2D eigenvalue weighted by Crippen LogP contribution is 2.15. The Morgan fingerprint density at radius 1 is 1.67 bits per heavy atom. The maximum absolute atomic E-state index is 12.4. The van der Waals surface area contributed by atoms with Crippen molar-refractivity contribution in [3.05, 3.63) is 0 Å². The summed E-state index contributed by atoms with van der Waals surface area (Å²) in [5.41, 5.74) is 0. The fourth-order valence-electron chi connectivity index (χ4n) is 0.961. The van der Waals surface area contributed by atoms with Gasteiger partial charge in [0.25, 0.3) is 0 Å². The van der Waals surface area contributed by atoms with Crippen molar-refractivity contribution < 1.29 is 14.2 Å². The highest BCUT2D eigenvalue weighted by atomic mass is 19.1. The van der Waals surface area contributed by atoms with Gasteiger partial charge in [0.05, 0.1) is 12.7 Å². The predicted molar refractivity (Wildman–Crippen MR) is 31.0 cm³/mol. The molecule has 1 aliphatic heterocycles. The van der Waals surface area contributed by atoms with E-state index in [0.29, 0.717) is 19.4 Å². The first kappa shape index (κ1) is 6.96. The molecule has 0 aromatic rings. The molecule has 0 amide bonds. The van der Waals surface area contributed by atoms with E-state index in [1.165, 1.54) is 0 Å². The largest absolute Gasteiger partial charge is 0.394 e. The van der Waals surface area contributed by atoms with E-state index in [4.69, 9.17) is 9.84 Å². The number of alkyl halides is 1. The van der Waals surface area contributed by atoms with Gasteiger partial charge in [-0.05, 0) is 0 Å². The molecule has 1 N–H and O–H groups in total. The molecule has 0 radical (unpaired) electrons. The minimum atomic E-state index is -0.768. The van der Waals surface area contributed by atoms with Gasteiger partial charge in [-0.3, -0.25) is 0 Å². The molecule has 0 aliphatic carbocycles. The molecule has 1 rings (SSSR count). The molecular formula is C6H11FO2. The lowest BCUT2D eigenvalue weighted by Crippen LogP contribution is -2.29. The SMILES string of the molecule is OCC1CC(F)CCO1. The molecule has 3 heteroatoms. The molecule has 0 spiro atoms. The Kier molecular flexibility index (Phi) is 2.42. The van der Waals surface area contributed by atoms with Crippen LogP contribution in [0.15, 0.2) is 0 Å². The molecule has 9 heavy (non-hydrogen) atoms. The Hall–Kier alpha value is -0.150. The third kappa shape index (κ3) is 1.91. The summed E-state index contributed by atoms with van der Waals surface area (Å²) in [6.45, 7) is 0.396. The van der Waals surface area contributed by atoms with Gasteiger partial charge in [0.2, 0.25) is 0 Å². The normalized spacial score (nSPS) is 36.7. The van der Waals surface area contributed by atoms with E-state index < -0.39 is 6.17 Å². The number of ether oxygens (including phenoxy) is 1. The Morgan fingerprint density at radius 2 is 2.44 bits per heavy atom. The lowest BCUT2D eigenvalue weighted by Gasteiger charge is -2.23. The van der Waals surface area contributed by atoms with E-state index in [0.717, 1.165) is 0 Å². The fourth-order valence-corrected chi connectivity index (χ4v) is 0.961. The van der Waals surface area contributed by atoms with Crippen LogP contribution in [-0.2, 0) is 4.74 Å². The molecule has 2 atom stereocenters. The summed E-state index contributed by atoms with van der Waals surface area (Å²) in [5, 5.41) is 8.52. The van der Waals surface area contributed by atoms with Crippen molar-refractivity contribution in [2.75, 3.05) is 13.2 Å². The Morgan fingerprint density at radius 3 is 2.89 bits per heavy atom. The Bertz CT molecular complexity index is 87.1. The minimum absolute atomic E-state index is 0.0551. The number of aliphatic hydroxyl groups is 1. The maximum Gasteiger partial charge on any atom is 0.105 e. The van der Waals surface area contributed by atoms with Gasteiger partial charge in [0, 0.05) is 19.4 Å². The summed E-state index contributed by atoms with van der Waals surface area (Å²) in [4.78, 5) is 0. The number of hydrogen-bond donors (Lipinski definition) is 1. The van der Waals surface area contributed by atoms with E-state index in [9.17, 15) is 4.39 Å². The number of aliphatic hydroxyl groups excluding tert-OH is 1. The topological polar surface area (TPSA) is 29.5 Å². The van der Waals surface area contributed by atoms with Crippen molar-refractivity contribution in [1.82, 2.24) is 0 Å². The van der Waals surface area contributed by atoms with Crippen LogP contribution < -0.4 is 0 Å². The molecular weight excluding hydrogens is 123 g/mol.